The maximum atomic E-state index is 12.4. The van der Waals surface area contributed by atoms with E-state index in [1.165, 1.54) is 0 Å². The van der Waals surface area contributed by atoms with E-state index in [9.17, 15) is 8.42 Å². The van der Waals surface area contributed by atoms with E-state index in [-0.39, 0.29) is 5.75 Å². The van der Waals surface area contributed by atoms with Crippen molar-refractivity contribution >= 4 is 15.7 Å². The molecule has 2 aromatic carbocycles. The molecule has 0 amide bonds. The quantitative estimate of drug-likeness (QED) is 0.451. The molecule has 32 heavy (non-hydrogen) atoms. The number of benzene rings is 2. The van der Waals surface area contributed by atoms with Gasteiger partial charge >= 0.3 is 0 Å². The van der Waals surface area contributed by atoms with Crippen molar-refractivity contribution in [2.45, 2.75) is 26.5 Å². The molecule has 8 nitrogen and oxygen atoms in total. The number of aromatic nitrogens is 4. The molecule has 2 heterocycles. The fourth-order valence-electron chi connectivity index (χ4n) is 3.15. The molecule has 2 aromatic heterocycles. The first kappa shape index (κ1) is 21.5. The predicted octanol–water partition coefficient (Wildman–Crippen LogP) is 4.32. The third-order valence-corrected chi connectivity index (χ3v) is 6.31. The Bertz CT molecular complexity index is 1320. The maximum absolute atomic E-state index is 12.4. The van der Waals surface area contributed by atoms with Crippen molar-refractivity contribution in [1.29, 1.82) is 0 Å². The molecule has 4 rings (SSSR count). The molecule has 0 fully saturated rings. The van der Waals surface area contributed by atoms with Gasteiger partial charge in [0.15, 0.2) is 5.82 Å². The van der Waals surface area contributed by atoms with Crippen LogP contribution in [0.15, 0.2) is 66.7 Å². The number of nitrogens with one attached hydrogen (secondary N) is 1. The normalized spacial score (nSPS) is 11.3. The maximum Gasteiger partial charge on any atom is 0.238 e. The van der Waals surface area contributed by atoms with E-state index in [4.69, 9.17) is 4.74 Å². The van der Waals surface area contributed by atoms with E-state index in [1.807, 2.05) is 39.0 Å². The van der Waals surface area contributed by atoms with E-state index in [0.717, 1.165) is 22.5 Å². The summed E-state index contributed by atoms with van der Waals surface area (Å²) < 4.78 is 34.8. The second-order valence-corrected chi connectivity index (χ2v) is 9.13. The number of hydrogen-bond donors (Lipinski definition) is 1. The molecule has 0 aliphatic carbocycles. The smallest absolute Gasteiger partial charge is 0.238 e. The molecular formula is C23H23N5O3S. The second kappa shape index (κ2) is 8.80. The summed E-state index contributed by atoms with van der Waals surface area (Å²) in [5.41, 5.74) is 4.25. The minimum atomic E-state index is -3.52. The van der Waals surface area contributed by atoms with Crippen LogP contribution in [0.3, 0.4) is 0 Å². The number of rotatable bonds is 7. The number of ether oxygens (including phenoxy) is 1. The molecule has 0 saturated heterocycles. The zero-order valence-electron chi connectivity index (χ0n) is 18.0. The zero-order valence-corrected chi connectivity index (χ0v) is 18.8. The highest BCUT2D eigenvalue weighted by atomic mass is 32.2. The van der Waals surface area contributed by atoms with Gasteiger partial charge in [0, 0.05) is 17.4 Å². The molecule has 0 spiro atoms. The van der Waals surface area contributed by atoms with Crippen LogP contribution in [0, 0.1) is 20.8 Å². The summed E-state index contributed by atoms with van der Waals surface area (Å²) >= 11 is 0. The van der Waals surface area contributed by atoms with Gasteiger partial charge in [-0.1, -0.05) is 30.3 Å². The van der Waals surface area contributed by atoms with Gasteiger partial charge in [-0.15, -0.1) is 10.2 Å². The van der Waals surface area contributed by atoms with Crippen molar-refractivity contribution < 1.29 is 13.2 Å². The summed E-state index contributed by atoms with van der Waals surface area (Å²) in [6.45, 7) is 5.96. The largest absolute Gasteiger partial charge is 0.438 e. The number of hydrogen-bond acceptors (Lipinski definition) is 6. The molecule has 0 unspecified atom stereocenters. The van der Waals surface area contributed by atoms with Crippen LogP contribution in [0.2, 0.25) is 0 Å². The monoisotopic (exact) mass is 449 g/mol. The van der Waals surface area contributed by atoms with Crippen molar-refractivity contribution in [2.24, 2.45) is 0 Å². The molecule has 0 aliphatic rings. The summed E-state index contributed by atoms with van der Waals surface area (Å²) in [4.78, 5) is 0. The Balaban J connectivity index is 1.41. The molecule has 0 radical (unpaired) electrons. The van der Waals surface area contributed by atoms with Gasteiger partial charge in [-0.05, 0) is 62.2 Å². The molecule has 0 bridgehead atoms. The number of sulfonamides is 1. The minimum Gasteiger partial charge on any atom is -0.438 e. The van der Waals surface area contributed by atoms with Crippen molar-refractivity contribution in [1.82, 2.24) is 20.0 Å². The summed E-state index contributed by atoms with van der Waals surface area (Å²) in [5, 5.41) is 12.8. The summed E-state index contributed by atoms with van der Waals surface area (Å²) in [7, 11) is -3.52. The summed E-state index contributed by atoms with van der Waals surface area (Å²) in [5.74, 6) is 1.35. The van der Waals surface area contributed by atoms with Gasteiger partial charge in [0.2, 0.25) is 15.9 Å². The standard InChI is InChI=1S/C23H23N5O3S/c1-16-17(2)26-28(18(16)3)22-13-14-23(25-24-22)31-21-11-9-20(10-12-21)27-32(29,30)15-19-7-5-4-6-8-19/h4-14,27H,15H2,1-3H3. The Hall–Kier alpha value is -3.72. The van der Waals surface area contributed by atoms with E-state index < -0.39 is 10.0 Å². The van der Waals surface area contributed by atoms with E-state index >= 15 is 0 Å². The van der Waals surface area contributed by atoms with Crippen LogP contribution in [0.25, 0.3) is 5.82 Å². The summed E-state index contributed by atoms with van der Waals surface area (Å²) in [6.07, 6.45) is 0. The lowest BCUT2D eigenvalue weighted by Crippen LogP contribution is -2.14. The van der Waals surface area contributed by atoms with Gasteiger partial charge in [-0.25, -0.2) is 13.1 Å². The van der Waals surface area contributed by atoms with Crippen molar-refractivity contribution in [3.63, 3.8) is 0 Å². The fraction of sp³-hybridized carbons (Fsp3) is 0.174. The van der Waals surface area contributed by atoms with Crippen LogP contribution < -0.4 is 9.46 Å². The van der Waals surface area contributed by atoms with E-state index in [1.54, 1.807) is 53.2 Å². The molecule has 0 aliphatic heterocycles. The summed E-state index contributed by atoms with van der Waals surface area (Å²) in [6, 6.07) is 19.1. The molecule has 1 N–H and O–H groups in total. The van der Waals surface area contributed by atoms with Crippen molar-refractivity contribution in [3.05, 3.63) is 89.2 Å². The van der Waals surface area contributed by atoms with Crippen LogP contribution in [-0.2, 0) is 15.8 Å². The Morgan fingerprint density at radius 3 is 2.22 bits per heavy atom. The van der Waals surface area contributed by atoms with E-state index in [2.05, 4.69) is 20.0 Å². The molecule has 0 atom stereocenters. The highest BCUT2D eigenvalue weighted by molar-refractivity contribution is 7.91. The number of anilines is 1. The third-order valence-electron chi connectivity index (χ3n) is 5.05. The average Bonchev–Trinajstić information content (AvgIpc) is 3.03. The number of aryl methyl sites for hydroxylation is 1. The van der Waals surface area contributed by atoms with E-state index in [0.29, 0.717) is 23.1 Å². The lowest BCUT2D eigenvalue weighted by atomic mass is 10.2. The first-order valence-electron chi connectivity index (χ1n) is 10.00. The lowest BCUT2D eigenvalue weighted by Gasteiger charge is -2.09. The predicted molar refractivity (Wildman–Crippen MR) is 123 cm³/mol. The lowest BCUT2D eigenvalue weighted by molar-refractivity contribution is 0.454. The van der Waals surface area contributed by atoms with Gasteiger partial charge in [0.1, 0.15) is 5.75 Å². The topological polar surface area (TPSA) is 99.0 Å². The number of nitrogens with zero attached hydrogens (tertiary/aromatic N) is 4. The third kappa shape index (κ3) is 4.94. The van der Waals surface area contributed by atoms with Crippen LogP contribution in [-0.4, -0.2) is 28.4 Å². The van der Waals surface area contributed by atoms with Crippen LogP contribution in [0.1, 0.15) is 22.5 Å². The molecular weight excluding hydrogens is 426 g/mol. The van der Waals surface area contributed by atoms with Crippen LogP contribution in [0.4, 0.5) is 5.69 Å². The minimum absolute atomic E-state index is 0.0944. The van der Waals surface area contributed by atoms with Gasteiger partial charge in [-0.3, -0.25) is 4.72 Å². The first-order chi connectivity index (χ1) is 15.3. The fourth-order valence-corrected chi connectivity index (χ4v) is 4.34. The van der Waals surface area contributed by atoms with Gasteiger partial charge < -0.3 is 4.74 Å². The molecule has 0 saturated carbocycles. The van der Waals surface area contributed by atoms with Crippen LogP contribution in [0.5, 0.6) is 11.6 Å². The highest BCUT2D eigenvalue weighted by Crippen LogP contribution is 2.23. The second-order valence-electron chi connectivity index (χ2n) is 7.41. The zero-order chi connectivity index (χ0) is 22.7. The Morgan fingerprint density at radius 2 is 1.62 bits per heavy atom. The molecule has 9 heteroatoms. The highest BCUT2D eigenvalue weighted by Gasteiger charge is 2.13. The van der Waals surface area contributed by atoms with Crippen molar-refractivity contribution in [2.75, 3.05) is 4.72 Å². The Morgan fingerprint density at radius 1 is 0.906 bits per heavy atom. The SMILES string of the molecule is Cc1nn(-c2ccc(Oc3ccc(NS(=O)(=O)Cc4ccccc4)cc3)nn2)c(C)c1C. The van der Waals surface area contributed by atoms with Crippen molar-refractivity contribution in [3.8, 4) is 17.4 Å². The molecule has 164 valence electrons. The average molecular weight is 450 g/mol. The van der Waals surface area contributed by atoms with Gasteiger partial charge in [0.25, 0.3) is 0 Å². The van der Waals surface area contributed by atoms with Gasteiger partial charge in [-0.2, -0.15) is 5.10 Å². The van der Waals surface area contributed by atoms with Crippen LogP contribution >= 0.6 is 0 Å². The molecule has 4 aromatic rings. The Kier molecular flexibility index (Phi) is 5.91. The Labute approximate surface area is 187 Å². The first-order valence-corrected chi connectivity index (χ1v) is 11.7. The van der Waals surface area contributed by atoms with Gasteiger partial charge in [0.05, 0.1) is 11.4 Å².